The van der Waals surface area contributed by atoms with Crippen LogP contribution in [0.4, 0.5) is 0 Å². The van der Waals surface area contributed by atoms with Crippen molar-refractivity contribution in [2.45, 2.75) is 70.6 Å². The van der Waals surface area contributed by atoms with E-state index in [1.165, 1.54) is 25.7 Å². The maximum absolute atomic E-state index is 9.99. The molecule has 1 aliphatic rings. The summed E-state index contributed by atoms with van der Waals surface area (Å²) in [4.78, 5) is 0. The van der Waals surface area contributed by atoms with Gasteiger partial charge in [0.1, 0.15) is 0 Å². The van der Waals surface area contributed by atoms with Gasteiger partial charge in [0.15, 0.2) is 0 Å². The van der Waals surface area contributed by atoms with Crippen LogP contribution in [0.5, 0.6) is 0 Å². The molecule has 0 spiro atoms. The van der Waals surface area contributed by atoms with Crippen LogP contribution in [0.2, 0.25) is 0 Å². The zero-order valence-electron chi connectivity index (χ0n) is 13.4. The Bertz CT molecular complexity index is 238. The molecule has 120 valence electrons. The average Bonchev–Trinajstić information content (AvgIpc) is 2.48. The van der Waals surface area contributed by atoms with Gasteiger partial charge in [-0.15, -0.1) is 0 Å². The zero-order valence-corrected chi connectivity index (χ0v) is 13.4. The Morgan fingerprint density at radius 3 is 2.75 bits per heavy atom. The SMILES string of the molecule is CCC1CCCCC1OCC(O)CNC(C)CCOC. The first kappa shape index (κ1) is 17.9. The molecule has 4 nitrogen and oxygen atoms in total. The van der Waals surface area contributed by atoms with Gasteiger partial charge >= 0.3 is 0 Å². The molecule has 0 bridgehead atoms. The van der Waals surface area contributed by atoms with Gasteiger partial charge in [-0.1, -0.05) is 26.2 Å². The minimum absolute atomic E-state index is 0.356. The molecule has 1 fully saturated rings. The molecule has 2 N–H and O–H groups in total. The van der Waals surface area contributed by atoms with Crippen LogP contribution in [-0.2, 0) is 9.47 Å². The summed E-state index contributed by atoms with van der Waals surface area (Å²) in [5, 5.41) is 13.3. The first-order valence-electron chi connectivity index (χ1n) is 8.19. The van der Waals surface area contributed by atoms with Crippen molar-refractivity contribution >= 4 is 0 Å². The van der Waals surface area contributed by atoms with Gasteiger partial charge < -0.3 is 19.9 Å². The summed E-state index contributed by atoms with van der Waals surface area (Å²) in [6.07, 6.45) is 7.13. The lowest BCUT2D eigenvalue weighted by Crippen LogP contribution is -2.38. The number of methoxy groups -OCH3 is 1. The van der Waals surface area contributed by atoms with E-state index in [-0.39, 0.29) is 0 Å². The van der Waals surface area contributed by atoms with Gasteiger partial charge in [0.05, 0.1) is 18.8 Å². The molecule has 1 saturated carbocycles. The van der Waals surface area contributed by atoms with Crippen molar-refractivity contribution in [1.82, 2.24) is 5.32 Å². The minimum Gasteiger partial charge on any atom is -0.389 e. The molecule has 1 aliphatic carbocycles. The van der Waals surface area contributed by atoms with E-state index in [0.717, 1.165) is 19.4 Å². The van der Waals surface area contributed by atoms with E-state index in [2.05, 4.69) is 19.2 Å². The first-order valence-corrected chi connectivity index (χ1v) is 8.19. The molecule has 4 atom stereocenters. The maximum atomic E-state index is 9.99. The highest BCUT2D eigenvalue weighted by Crippen LogP contribution is 2.29. The third kappa shape index (κ3) is 7.02. The molecule has 0 aromatic heterocycles. The standard InChI is InChI=1S/C16H33NO3/c1-4-14-7-5-6-8-16(14)20-12-15(18)11-17-13(2)9-10-19-3/h13-18H,4-12H2,1-3H3. The van der Waals surface area contributed by atoms with Crippen LogP contribution in [-0.4, -0.2) is 50.2 Å². The summed E-state index contributed by atoms with van der Waals surface area (Å²) in [5.41, 5.74) is 0. The number of aliphatic hydroxyl groups excluding tert-OH is 1. The van der Waals surface area contributed by atoms with Crippen molar-refractivity contribution in [2.24, 2.45) is 5.92 Å². The van der Waals surface area contributed by atoms with Crippen molar-refractivity contribution < 1.29 is 14.6 Å². The molecule has 4 heteroatoms. The first-order chi connectivity index (χ1) is 9.67. The Morgan fingerprint density at radius 1 is 1.30 bits per heavy atom. The molecule has 0 aromatic carbocycles. The van der Waals surface area contributed by atoms with Crippen LogP contribution < -0.4 is 5.32 Å². The number of rotatable bonds is 10. The summed E-state index contributed by atoms with van der Waals surface area (Å²) >= 11 is 0. The van der Waals surface area contributed by atoms with Crippen LogP contribution in [0.25, 0.3) is 0 Å². The second-order valence-electron chi connectivity index (χ2n) is 6.07. The fourth-order valence-electron chi connectivity index (χ4n) is 2.89. The molecule has 4 unspecified atom stereocenters. The Labute approximate surface area is 124 Å². The highest BCUT2D eigenvalue weighted by Gasteiger charge is 2.24. The largest absolute Gasteiger partial charge is 0.389 e. The monoisotopic (exact) mass is 287 g/mol. The molecule has 0 radical (unpaired) electrons. The van der Waals surface area contributed by atoms with E-state index in [1.54, 1.807) is 7.11 Å². The molecule has 20 heavy (non-hydrogen) atoms. The summed E-state index contributed by atoms with van der Waals surface area (Å²) in [6, 6.07) is 0.364. The van der Waals surface area contributed by atoms with E-state index in [9.17, 15) is 5.11 Å². The smallest absolute Gasteiger partial charge is 0.0897 e. The predicted octanol–water partition coefficient (Wildman–Crippen LogP) is 2.35. The normalized spacial score (nSPS) is 26.4. The van der Waals surface area contributed by atoms with Crippen molar-refractivity contribution in [3.8, 4) is 0 Å². The van der Waals surface area contributed by atoms with Crippen LogP contribution in [0.3, 0.4) is 0 Å². The van der Waals surface area contributed by atoms with E-state index in [4.69, 9.17) is 9.47 Å². The molecule has 0 saturated heterocycles. The van der Waals surface area contributed by atoms with Gasteiger partial charge in [-0.25, -0.2) is 0 Å². The molecular weight excluding hydrogens is 254 g/mol. The fourth-order valence-corrected chi connectivity index (χ4v) is 2.89. The van der Waals surface area contributed by atoms with E-state index in [0.29, 0.717) is 31.2 Å². The molecule has 0 aliphatic heterocycles. The second kappa shape index (κ2) is 10.6. The van der Waals surface area contributed by atoms with Crippen molar-refractivity contribution in [2.75, 3.05) is 26.9 Å². The predicted molar refractivity (Wildman–Crippen MR) is 82.0 cm³/mol. The third-order valence-electron chi connectivity index (χ3n) is 4.32. The average molecular weight is 287 g/mol. The summed E-state index contributed by atoms with van der Waals surface area (Å²) in [6.45, 7) is 6.14. The molecule has 0 aromatic rings. The Balaban J connectivity index is 2.13. The zero-order chi connectivity index (χ0) is 14.8. The second-order valence-corrected chi connectivity index (χ2v) is 6.07. The van der Waals surface area contributed by atoms with E-state index >= 15 is 0 Å². The Hall–Kier alpha value is -0.160. The van der Waals surface area contributed by atoms with Crippen molar-refractivity contribution in [3.05, 3.63) is 0 Å². The lowest BCUT2D eigenvalue weighted by molar-refractivity contribution is -0.0503. The fraction of sp³-hybridized carbons (Fsp3) is 1.00. The van der Waals surface area contributed by atoms with Gasteiger partial charge in [-0.2, -0.15) is 0 Å². The molecule has 1 rings (SSSR count). The van der Waals surface area contributed by atoms with Crippen molar-refractivity contribution in [3.63, 3.8) is 0 Å². The number of hydrogen-bond acceptors (Lipinski definition) is 4. The molecule has 0 heterocycles. The van der Waals surface area contributed by atoms with E-state index in [1.807, 2.05) is 0 Å². The summed E-state index contributed by atoms with van der Waals surface area (Å²) < 4.78 is 11.0. The maximum Gasteiger partial charge on any atom is 0.0897 e. The van der Waals surface area contributed by atoms with Crippen LogP contribution in [0.1, 0.15) is 52.4 Å². The van der Waals surface area contributed by atoms with Crippen LogP contribution in [0, 0.1) is 5.92 Å². The number of nitrogens with one attached hydrogen (secondary N) is 1. The molecule has 0 amide bonds. The Kier molecular flexibility index (Phi) is 9.44. The Morgan fingerprint density at radius 2 is 2.05 bits per heavy atom. The van der Waals surface area contributed by atoms with Gasteiger partial charge in [0, 0.05) is 26.3 Å². The van der Waals surface area contributed by atoms with Gasteiger partial charge in [0.25, 0.3) is 0 Å². The van der Waals surface area contributed by atoms with E-state index < -0.39 is 6.10 Å². The number of hydrogen-bond donors (Lipinski definition) is 2. The van der Waals surface area contributed by atoms with Gasteiger partial charge in [-0.05, 0) is 32.1 Å². The summed E-state index contributed by atoms with van der Waals surface area (Å²) in [5.74, 6) is 0.685. The number of aliphatic hydroxyl groups is 1. The van der Waals surface area contributed by atoms with Gasteiger partial charge in [-0.3, -0.25) is 0 Å². The highest BCUT2D eigenvalue weighted by molar-refractivity contribution is 4.75. The van der Waals surface area contributed by atoms with Crippen LogP contribution in [0.15, 0.2) is 0 Å². The highest BCUT2D eigenvalue weighted by atomic mass is 16.5. The minimum atomic E-state index is -0.417. The van der Waals surface area contributed by atoms with Crippen LogP contribution >= 0.6 is 0 Å². The lowest BCUT2D eigenvalue weighted by atomic mass is 9.85. The number of ether oxygens (including phenoxy) is 2. The van der Waals surface area contributed by atoms with Gasteiger partial charge in [0.2, 0.25) is 0 Å². The summed E-state index contributed by atoms with van der Waals surface area (Å²) in [7, 11) is 1.71. The molecular formula is C16H33NO3. The topological polar surface area (TPSA) is 50.7 Å². The third-order valence-corrected chi connectivity index (χ3v) is 4.32. The van der Waals surface area contributed by atoms with Crippen molar-refractivity contribution in [1.29, 1.82) is 0 Å². The lowest BCUT2D eigenvalue weighted by Gasteiger charge is -2.31. The quantitative estimate of drug-likeness (QED) is 0.647.